The van der Waals surface area contributed by atoms with Crippen LogP contribution in [0.15, 0.2) is 66.7 Å². The zero-order chi connectivity index (χ0) is 24.7. The fourth-order valence-electron chi connectivity index (χ4n) is 4.77. The monoisotopic (exact) mass is 474 g/mol. The van der Waals surface area contributed by atoms with Gasteiger partial charge in [-0.25, -0.2) is 9.96 Å². The summed E-state index contributed by atoms with van der Waals surface area (Å²) in [5.74, 6) is -0.140. The molecule has 8 nitrogen and oxygen atoms in total. The molecule has 0 saturated carbocycles. The minimum Gasteiger partial charge on any atom is -0.493 e. The van der Waals surface area contributed by atoms with Crippen molar-refractivity contribution in [2.24, 2.45) is 5.92 Å². The van der Waals surface area contributed by atoms with Gasteiger partial charge in [-0.3, -0.25) is 14.4 Å². The Kier molecular flexibility index (Phi) is 5.82. The summed E-state index contributed by atoms with van der Waals surface area (Å²) < 4.78 is 16.6. The molecule has 8 heteroatoms. The molecule has 0 radical (unpaired) electrons. The van der Waals surface area contributed by atoms with Gasteiger partial charge in [0.1, 0.15) is 5.92 Å². The van der Waals surface area contributed by atoms with Crippen LogP contribution in [0.5, 0.6) is 17.2 Å². The van der Waals surface area contributed by atoms with E-state index < -0.39 is 18.1 Å². The van der Waals surface area contributed by atoms with Crippen molar-refractivity contribution >= 4 is 23.2 Å². The lowest BCUT2D eigenvalue weighted by atomic mass is 9.90. The molecule has 2 heterocycles. The molecule has 180 valence electrons. The summed E-state index contributed by atoms with van der Waals surface area (Å²) in [4.78, 5) is 34.7. The average molecular weight is 475 g/mol. The van der Waals surface area contributed by atoms with E-state index in [-0.39, 0.29) is 11.8 Å². The normalized spacial score (nSPS) is 21.3. The minimum atomic E-state index is -0.965. The fourth-order valence-corrected chi connectivity index (χ4v) is 4.77. The maximum Gasteiger partial charge on any atom is 0.266 e. The van der Waals surface area contributed by atoms with Gasteiger partial charge in [-0.15, -0.1) is 0 Å². The van der Waals surface area contributed by atoms with Crippen LogP contribution in [0.4, 0.5) is 11.4 Å². The van der Waals surface area contributed by atoms with Gasteiger partial charge in [0.2, 0.25) is 11.7 Å². The Morgan fingerprint density at radius 3 is 1.97 bits per heavy atom. The molecule has 0 aromatic heterocycles. The topological polar surface area (TPSA) is 77.5 Å². The number of aryl methyl sites for hydroxylation is 1. The number of carbonyl (C=O) groups excluding carboxylic acids is 2. The molecule has 0 spiro atoms. The zero-order valence-electron chi connectivity index (χ0n) is 19.9. The Labute approximate surface area is 203 Å². The zero-order valence-corrected chi connectivity index (χ0v) is 19.9. The number of hydroxylamine groups is 1. The number of fused-ring (bicyclic) bond motifs is 1. The molecule has 2 saturated heterocycles. The number of para-hydroxylation sites is 1. The summed E-state index contributed by atoms with van der Waals surface area (Å²) in [6.07, 6.45) is -0.965. The number of carbonyl (C=O) groups is 2. The number of anilines is 2. The van der Waals surface area contributed by atoms with Gasteiger partial charge < -0.3 is 14.2 Å². The van der Waals surface area contributed by atoms with Gasteiger partial charge in [0.15, 0.2) is 17.6 Å². The molecule has 3 atom stereocenters. The summed E-state index contributed by atoms with van der Waals surface area (Å²) >= 11 is 0. The van der Waals surface area contributed by atoms with E-state index in [1.807, 2.05) is 49.4 Å². The summed E-state index contributed by atoms with van der Waals surface area (Å²) in [7, 11) is 4.60. The summed E-state index contributed by atoms with van der Waals surface area (Å²) in [5, 5.41) is 1.64. The van der Waals surface area contributed by atoms with Gasteiger partial charge in [0, 0.05) is 0 Å². The van der Waals surface area contributed by atoms with Crippen LogP contribution in [-0.2, 0) is 14.4 Å². The standard InChI is InChI=1S/C27H26N2O6/c1-16-10-12-18(13-11-16)28-26(30)22-23(17-14-20(32-2)24(34-4)21(15-17)33-3)29(35-25(22)27(28)31)19-8-6-5-7-9-19/h5-15,22-23,25H,1-4H3/t22-,23+,25-/m1/s1. The van der Waals surface area contributed by atoms with Gasteiger partial charge in [0.25, 0.3) is 5.91 Å². The van der Waals surface area contributed by atoms with Gasteiger partial charge in [-0.1, -0.05) is 35.9 Å². The number of methoxy groups -OCH3 is 3. The smallest absolute Gasteiger partial charge is 0.266 e. The number of hydrogen-bond donors (Lipinski definition) is 0. The first kappa shape index (κ1) is 22.7. The minimum absolute atomic E-state index is 0.318. The molecule has 3 aromatic carbocycles. The van der Waals surface area contributed by atoms with E-state index in [0.29, 0.717) is 28.5 Å². The maximum atomic E-state index is 13.8. The molecule has 2 aliphatic rings. The summed E-state index contributed by atoms with van der Waals surface area (Å²) in [6, 6.07) is 19.7. The Balaban J connectivity index is 1.64. The van der Waals surface area contributed by atoms with Crippen LogP contribution in [0.2, 0.25) is 0 Å². The van der Waals surface area contributed by atoms with E-state index in [1.54, 1.807) is 29.3 Å². The van der Waals surface area contributed by atoms with E-state index in [9.17, 15) is 9.59 Å². The number of nitrogens with zero attached hydrogens (tertiary/aromatic N) is 2. The molecule has 5 rings (SSSR count). The van der Waals surface area contributed by atoms with Crippen LogP contribution in [0.1, 0.15) is 17.2 Å². The van der Waals surface area contributed by atoms with E-state index >= 15 is 0 Å². The van der Waals surface area contributed by atoms with Crippen LogP contribution < -0.4 is 24.2 Å². The van der Waals surface area contributed by atoms with Crippen LogP contribution in [0, 0.1) is 12.8 Å². The first-order valence-corrected chi connectivity index (χ1v) is 11.2. The van der Waals surface area contributed by atoms with Crippen molar-refractivity contribution < 1.29 is 28.6 Å². The van der Waals surface area contributed by atoms with Crippen molar-refractivity contribution in [3.63, 3.8) is 0 Å². The quantitative estimate of drug-likeness (QED) is 0.499. The molecule has 2 amide bonds. The van der Waals surface area contributed by atoms with Gasteiger partial charge in [0.05, 0.1) is 38.7 Å². The van der Waals surface area contributed by atoms with Crippen molar-refractivity contribution in [3.05, 3.63) is 77.9 Å². The van der Waals surface area contributed by atoms with Gasteiger partial charge in [-0.05, 0) is 48.9 Å². The van der Waals surface area contributed by atoms with E-state index in [2.05, 4.69) is 0 Å². The van der Waals surface area contributed by atoms with Crippen molar-refractivity contribution in [2.45, 2.75) is 19.1 Å². The number of imide groups is 1. The molecule has 35 heavy (non-hydrogen) atoms. The van der Waals surface area contributed by atoms with Crippen molar-refractivity contribution in [2.75, 3.05) is 31.3 Å². The highest BCUT2D eigenvalue weighted by atomic mass is 16.7. The highest BCUT2D eigenvalue weighted by Gasteiger charge is 2.60. The molecule has 0 aliphatic carbocycles. The van der Waals surface area contributed by atoms with Crippen LogP contribution in [-0.4, -0.2) is 39.2 Å². The first-order valence-electron chi connectivity index (χ1n) is 11.2. The second-order valence-corrected chi connectivity index (χ2v) is 8.46. The summed E-state index contributed by atoms with van der Waals surface area (Å²) in [5.41, 5.74) is 2.99. The SMILES string of the molecule is COc1cc([C@H]2[C@H]3C(=O)N(c4ccc(C)cc4)C(=O)[C@@H]3ON2c2ccccc2)cc(OC)c1OC. The molecule has 0 N–H and O–H groups in total. The van der Waals surface area contributed by atoms with Crippen molar-refractivity contribution in [1.29, 1.82) is 0 Å². The predicted octanol–water partition coefficient (Wildman–Crippen LogP) is 4.07. The lowest BCUT2D eigenvalue weighted by Gasteiger charge is -2.29. The van der Waals surface area contributed by atoms with E-state index in [0.717, 1.165) is 11.3 Å². The lowest BCUT2D eigenvalue weighted by molar-refractivity contribution is -0.126. The average Bonchev–Trinajstić information content (AvgIpc) is 3.40. The number of ether oxygens (including phenoxy) is 3. The predicted molar refractivity (Wildman–Crippen MR) is 130 cm³/mol. The Hall–Kier alpha value is -4.04. The molecular formula is C27H26N2O6. The van der Waals surface area contributed by atoms with E-state index in [1.165, 1.54) is 26.2 Å². The first-order chi connectivity index (χ1) is 17.0. The molecule has 0 unspecified atom stereocenters. The lowest BCUT2D eigenvalue weighted by Crippen LogP contribution is -2.37. The van der Waals surface area contributed by atoms with Gasteiger partial charge >= 0.3 is 0 Å². The highest BCUT2D eigenvalue weighted by molar-refractivity contribution is 6.23. The number of benzene rings is 3. The number of hydrogen-bond acceptors (Lipinski definition) is 7. The Morgan fingerprint density at radius 1 is 0.771 bits per heavy atom. The Morgan fingerprint density at radius 2 is 1.40 bits per heavy atom. The molecule has 0 bridgehead atoms. The number of amides is 2. The molecular weight excluding hydrogens is 448 g/mol. The Bertz CT molecular complexity index is 1240. The fraction of sp³-hybridized carbons (Fsp3) is 0.259. The molecule has 2 fully saturated rings. The second-order valence-electron chi connectivity index (χ2n) is 8.46. The van der Waals surface area contributed by atoms with Crippen molar-refractivity contribution in [3.8, 4) is 17.2 Å². The number of rotatable bonds is 6. The van der Waals surface area contributed by atoms with E-state index in [4.69, 9.17) is 19.0 Å². The third-order valence-corrected chi connectivity index (χ3v) is 6.45. The third-order valence-electron chi connectivity index (χ3n) is 6.45. The second kappa shape index (κ2) is 8.96. The largest absolute Gasteiger partial charge is 0.493 e. The van der Waals surface area contributed by atoms with Crippen molar-refractivity contribution in [1.82, 2.24) is 0 Å². The highest BCUT2D eigenvalue weighted by Crippen LogP contribution is 2.50. The van der Waals surface area contributed by atoms with Crippen LogP contribution in [0.3, 0.4) is 0 Å². The molecule has 2 aliphatic heterocycles. The van der Waals surface area contributed by atoms with Crippen LogP contribution >= 0.6 is 0 Å². The third kappa shape index (κ3) is 3.66. The molecule has 3 aromatic rings. The van der Waals surface area contributed by atoms with Gasteiger partial charge in [-0.2, -0.15) is 0 Å². The van der Waals surface area contributed by atoms with Crippen LogP contribution in [0.25, 0.3) is 0 Å². The maximum absolute atomic E-state index is 13.8. The summed E-state index contributed by atoms with van der Waals surface area (Å²) in [6.45, 7) is 1.95.